The van der Waals surface area contributed by atoms with Crippen LogP contribution in [0.3, 0.4) is 0 Å². The van der Waals surface area contributed by atoms with Gasteiger partial charge in [0.15, 0.2) is 5.78 Å². The van der Waals surface area contributed by atoms with Gasteiger partial charge in [0.05, 0.1) is 12.0 Å². The highest BCUT2D eigenvalue weighted by Crippen LogP contribution is 2.47. The molecule has 0 saturated carbocycles. The maximum atomic E-state index is 12.1. The first-order valence-corrected chi connectivity index (χ1v) is 6.42. The van der Waals surface area contributed by atoms with E-state index in [0.29, 0.717) is 17.6 Å². The molecular weight excluding hydrogens is 244 g/mol. The fraction of sp³-hybridized carbons (Fsp3) is 0.467. The fourth-order valence-electron chi connectivity index (χ4n) is 3.54. The van der Waals surface area contributed by atoms with Gasteiger partial charge < -0.3 is 9.84 Å². The Kier molecular flexibility index (Phi) is 2.54. The number of ether oxygens (including phenoxy) is 1. The van der Waals surface area contributed by atoms with Crippen LogP contribution in [0.1, 0.15) is 20.3 Å². The van der Waals surface area contributed by atoms with Crippen molar-refractivity contribution in [2.45, 2.75) is 32.5 Å². The number of aliphatic hydroxyl groups is 1. The van der Waals surface area contributed by atoms with Crippen LogP contribution in [-0.4, -0.2) is 29.1 Å². The Hall–Kier alpha value is -1.68. The highest BCUT2D eigenvalue weighted by atomic mass is 16.6. The molecule has 1 heterocycles. The number of carbonyl (C=O) groups is 2. The molecule has 0 aromatic heterocycles. The standard InChI is InChI=1S/C15H16O4/c1-6-4-10(17)13-8(3)15(18)19-14(13)12-7(2)5-9(16)11(6)12/h5,10,12-14,17H,3-4H2,1-2H3/t10-,12-,13+,14+/m0/s1. The summed E-state index contributed by atoms with van der Waals surface area (Å²) in [4.78, 5) is 23.8. The number of esters is 1. The third kappa shape index (κ3) is 1.56. The van der Waals surface area contributed by atoms with Gasteiger partial charge in [-0.2, -0.15) is 0 Å². The van der Waals surface area contributed by atoms with E-state index in [-0.39, 0.29) is 11.7 Å². The van der Waals surface area contributed by atoms with Crippen LogP contribution >= 0.6 is 0 Å². The lowest BCUT2D eigenvalue weighted by atomic mass is 9.82. The SMILES string of the molecule is C=C1C(=O)O[C@@H]2[C@H]3C(C)=CC(=O)C3=C(C)C[C@H](O)[C@@H]12. The van der Waals surface area contributed by atoms with Crippen LogP contribution in [-0.2, 0) is 14.3 Å². The molecule has 0 aromatic rings. The molecule has 0 bridgehead atoms. The van der Waals surface area contributed by atoms with Crippen molar-refractivity contribution in [3.05, 3.63) is 34.9 Å². The van der Waals surface area contributed by atoms with Gasteiger partial charge in [0.2, 0.25) is 0 Å². The molecule has 0 unspecified atom stereocenters. The predicted octanol–water partition coefficient (Wildman–Crippen LogP) is 1.31. The average molecular weight is 260 g/mol. The predicted molar refractivity (Wildman–Crippen MR) is 68.1 cm³/mol. The van der Waals surface area contributed by atoms with Crippen molar-refractivity contribution in [3.8, 4) is 0 Å². The summed E-state index contributed by atoms with van der Waals surface area (Å²) in [6.45, 7) is 7.47. The van der Waals surface area contributed by atoms with Gasteiger partial charge in [0.25, 0.3) is 0 Å². The van der Waals surface area contributed by atoms with Gasteiger partial charge in [0, 0.05) is 17.1 Å². The molecule has 2 aliphatic carbocycles. The molecule has 0 aromatic carbocycles. The van der Waals surface area contributed by atoms with Crippen LogP contribution in [0.2, 0.25) is 0 Å². The Balaban J connectivity index is 2.14. The Morgan fingerprint density at radius 3 is 2.74 bits per heavy atom. The summed E-state index contributed by atoms with van der Waals surface area (Å²) < 4.78 is 5.38. The lowest BCUT2D eigenvalue weighted by Gasteiger charge is -2.25. The van der Waals surface area contributed by atoms with E-state index >= 15 is 0 Å². The second-order valence-electron chi connectivity index (χ2n) is 5.62. The molecule has 0 radical (unpaired) electrons. The molecule has 3 rings (SSSR count). The summed E-state index contributed by atoms with van der Waals surface area (Å²) in [5.74, 6) is -1.13. The van der Waals surface area contributed by atoms with E-state index in [2.05, 4.69) is 6.58 Å². The third-order valence-electron chi connectivity index (χ3n) is 4.41. The minimum absolute atomic E-state index is 0.0265. The number of carbonyl (C=O) groups excluding carboxylic acids is 2. The van der Waals surface area contributed by atoms with E-state index in [4.69, 9.17) is 4.74 Å². The average Bonchev–Trinajstić information content (AvgIpc) is 2.72. The zero-order chi connectivity index (χ0) is 13.9. The Labute approximate surface area is 111 Å². The summed E-state index contributed by atoms with van der Waals surface area (Å²) in [5.41, 5.74) is 2.78. The highest BCUT2D eigenvalue weighted by molar-refractivity contribution is 6.09. The minimum Gasteiger partial charge on any atom is -0.457 e. The van der Waals surface area contributed by atoms with Crippen molar-refractivity contribution in [3.63, 3.8) is 0 Å². The van der Waals surface area contributed by atoms with E-state index in [1.807, 2.05) is 13.8 Å². The third-order valence-corrected chi connectivity index (χ3v) is 4.41. The van der Waals surface area contributed by atoms with Gasteiger partial charge in [-0.05, 0) is 26.3 Å². The summed E-state index contributed by atoms with van der Waals surface area (Å²) in [6, 6.07) is 0. The van der Waals surface area contributed by atoms with Crippen molar-refractivity contribution in [2.24, 2.45) is 11.8 Å². The number of hydrogen-bond acceptors (Lipinski definition) is 4. The largest absolute Gasteiger partial charge is 0.457 e. The second-order valence-corrected chi connectivity index (χ2v) is 5.62. The topological polar surface area (TPSA) is 63.6 Å². The van der Waals surface area contributed by atoms with Crippen LogP contribution in [0, 0.1) is 11.8 Å². The first-order chi connectivity index (χ1) is 8.91. The van der Waals surface area contributed by atoms with Crippen molar-refractivity contribution < 1.29 is 19.4 Å². The molecule has 4 atom stereocenters. The molecule has 0 spiro atoms. The molecule has 3 aliphatic rings. The molecular formula is C15H16O4. The molecule has 1 N–H and O–H groups in total. The molecule has 0 amide bonds. The molecule has 1 saturated heterocycles. The number of allylic oxidation sites excluding steroid dienone is 1. The van der Waals surface area contributed by atoms with E-state index in [1.54, 1.807) is 6.08 Å². The Morgan fingerprint density at radius 1 is 1.37 bits per heavy atom. The Morgan fingerprint density at radius 2 is 2.05 bits per heavy atom. The van der Waals surface area contributed by atoms with Gasteiger partial charge in [-0.1, -0.05) is 17.7 Å². The maximum Gasteiger partial charge on any atom is 0.334 e. The molecule has 19 heavy (non-hydrogen) atoms. The van der Waals surface area contributed by atoms with E-state index < -0.39 is 24.1 Å². The lowest BCUT2D eigenvalue weighted by molar-refractivity contribution is -0.140. The minimum atomic E-state index is -0.720. The summed E-state index contributed by atoms with van der Waals surface area (Å²) in [7, 11) is 0. The van der Waals surface area contributed by atoms with Crippen molar-refractivity contribution in [2.75, 3.05) is 0 Å². The highest BCUT2D eigenvalue weighted by Gasteiger charge is 2.52. The molecule has 100 valence electrons. The first-order valence-electron chi connectivity index (χ1n) is 6.42. The van der Waals surface area contributed by atoms with Crippen molar-refractivity contribution >= 4 is 11.8 Å². The van der Waals surface area contributed by atoms with Gasteiger partial charge in [-0.3, -0.25) is 4.79 Å². The number of fused-ring (bicyclic) bond motifs is 3. The van der Waals surface area contributed by atoms with Crippen molar-refractivity contribution in [1.29, 1.82) is 0 Å². The fourth-order valence-corrected chi connectivity index (χ4v) is 3.54. The van der Waals surface area contributed by atoms with Crippen molar-refractivity contribution in [1.82, 2.24) is 0 Å². The maximum absolute atomic E-state index is 12.1. The number of aliphatic hydroxyl groups excluding tert-OH is 1. The van der Waals surface area contributed by atoms with Gasteiger partial charge in [0.1, 0.15) is 6.10 Å². The second kappa shape index (κ2) is 3.90. The van der Waals surface area contributed by atoms with Crippen LogP contribution in [0.4, 0.5) is 0 Å². The van der Waals surface area contributed by atoms with Gasteiger partial charge >= 0.3 is 5.97 Å². The smallest absolute Gasteiger partial charge is 0.334 e. The zero-order valence-corrected chi connectivity index (χ0v) is 11.0. The normalized spacial score (nSPS) is 37.8. The van der Waals surface area contributed by atoms with Crippen LogP contribution in [0.5, 0.6) is 0 Å². The number of hydrogen-bond donors (Lipinski definition) is 1. The molecule has 1 aliphatic heterocycles. The summed E-state index contributed by atoms with van der Waals surface area (Å²) in [6.07, 6.45) is 0.774. The molecule has 4 nitrogen and oxygen atoms in total. The monoisotopic (exact) mass is 260 g/mol. The number of ketones is 1. The quantitative estimate of drug-likeness (QED) is 0.527. The van der Waals surface area contributed by atoms with Gasteiger partial charge in [-0.15, -0.1) is 0 Å². The van der Waals surface area contributed by atoms with E-state index in [9.17, 15) is 14.7 Å². The van der Waals surface area contributed by atoms with Crippen LogP contribution in [0.15, 0.2) is 34.9 Å². The summed E-state index contributed by atoms with van der Waals surface area (Å²) in [5, 5.41) is 10.3. The zero-order valence-electron chi connectivity index (χ0n) is 11.0. The molecule has 1 fully saturated rings. The van der Waals surface area contributed by atoms with E-state index in [0.717, 1.165) is 11.1 Å². The summed E-state index contributed by atoms with van der Waals surface area (Å²) >= 11 is 0. The number of rotatable bonds is 0. The van der Waals surface area contributed by atoms with Crippen LogP contribution < -0.4 is 0 Å². The van der Waals surface area contributed by atoms with Gasteiger partial charge in [-0.25, -0.2) is 4.79 Å². The molecule has 4 heteroatoms. The lowest BCUT2D eigenvalue weighted by Crippen LogP contribution is -2.33. The van der Waals surface area contributed by atoms with Crippen LogP contribution in [0.25, 0.3) is 0 Å². The Bertz CT molecular complexity index is 567. The van der Waals surface area contributed by atoms with E-state index in [1.165, 1.54) is 0 Å². The first kappa shape index (κ1) is 12.4.